The average Bonchev–Trinajstić information content (AvgIpc) is 2.69. The molecule has 2 rings (SSSR count). The number of rotatable bonds is 5. The van der Waals surface area contributed by atoms with Gasteiger partial charge in [0.25, 0.3) is 0 Å². The van der Waals surface area contributed by atoms with Crippen molar-refractivity contribution < 1.29 is 13.9 Å². The van der Waals surface area contributed by atoms with Crippen LogP contribution in [0.25, 0.3) is 0 Å². The van der Waals surface area contributed by atoms with Crippen LogP contribution in [0.4, 0.5) is 4.39 Å². The van der Waals surface area contributed by atoms with Gasteiger partial charge in [0.1, 0.15) is 0 Å². The minimum Gasteiger partial charge on any atom is -0.490 e. The Morgan fingerprint density at radius 1 is 1.20 bits per heavy atom. The number of hydrogen-bond donors (Lipinski definition) is 1. The summed E-state index contributed by atoms with van der Waals surface area (Å²) < 4.78 is 18.6. The molecule has 1 saturated carbocycles. The van der Waals surface area contributed by atoms with Crippen molar-refractivity contribution in [1.29, 1.82) is 0 Å². The van der Waals surface area contributed by atoms with E-state index >= 15 is 0 Å². The maximum atomic E-state index is 13.3. The molecule has 1 aromatic carbocycles. The Hall–Kier alpha value is -1.58. The van der Waals surface area contributed by atoms with Crippen molar-refractivity contribution in [2.24, 2.45) is 0 Å². The van der Waals surface area contributed by atoms with Crippen LogP contribution >= 0.6 is 0 Å². The van der Waals surface area contributed by atoms with Gasteiger partial charge in [-0.2, -0.15) is 0 Å². The smallest absolute Gasteiger partial charge is 0.223 e. The van der Waals surface area contributed by atoms with Crippen molar-refractivity contribution in [3.63, 3.8) is 0 Å². The van der Waals surface area contributed by atoms with Gasteiger partial charge in [-0.1, -0.05) is 37.8 Å². The molecule has 0 aromatic heterocycles. The Kier molecular flexibility index (Phi) is 5.84. The van der Waals surface area contributed by atoms with E-state index in [0.29, 0.717) is 6.04 Å². The molecule has 20 heavy (non-hydrogen) atoms. The minimum atomic E-state index is -0.392. The second kappa shape index (κ2) is 7.88. The first-order chi connectivity index (χ1) is 9.75. The number of benzene rings is 1. The van der Waals surface area contributed by atoms with E-state index in [1.54, 1.807) is 18.2 Å². The fourth-order valence-electron chi connectivity index (χ4n) is 2.54. The fourth-order valence-corrected chi connectivity index (χ4v) is 2.54. The molecule has 1 aliphatic carbocycles. The van der Waals surface area contributed by atoms with Gasteiger partial charge in [0, 0.05) is 6.04 Å². The molecule has 1 fully saturated rings. The predicted octanol–water partition coefficient (Wildman–Crippen LogP) is 3.43. The molecule has 0 radical (unpaired) electrons. The normalized spacial score (nSPS) is 16.4. The highest BCUT2D eigenvalue weighted by Gasteiger charge is 2.14. The summed E-state index contributed by atoms with van der Waals surface area (Å²) in [4.78, 5) is 11.8. The van der Waals surface area contributed by atoms with Gasteiger partial charge in [0.15, 0.2) is 11.6 Å². The van der Waals surface area contributed by atoms with Crippen LogP contribution in [0.2, 0.25) is 0 Å². The Morgan fingerprint density at radius 3 is 2.60 bits per heavy atom. The van der Waals surface area contributed by atoms with Crippen LogP contribution in [0.3, 0.4) is 0 Å². The van der Waals surface area contributed by atoms with E-state index in [-0.39, 0.29) is 24.7 Å². The van der Waals surface area contributed by atoms with Crippen molar-refractivity contribution in [3.8, 4) is 5.75 Å². The van der Waals surface area contributed by atoms with Crippen LogP contribution < -0.4 is 10.1 Å². The van der Waals surface area contributed by atoms with Gasteiger partial charge in [-0.15, -0.1) is 0 Å². The first-order valence-electron chi connectivity index (χ1n) is 7.42. The number of halogens is 1. The second-order valence-electron chi connectivity index (χ2n) is 5.28. The average molecular weight is 279 g/mol. The molecule has 1 N–H and O–H groups in total. The summed E-state index contributed by atoms with van der Waals surface area (Å²) in [7, 11) is 0. The Balaban J connectivity index is 1.68. The van der Waals surface area contributed by atoms with Crippen LogP contribution in [0.1, 0.15) is 44.9 Å². The number of ether oxygens (including phenoxy) is 1. The SMILES string of the molecule is O=C(CCOc1ccccc1F)NC1CCCCCC1. The maximum Gasteiger partial charge on any atom is 0.223 e. The molecular formula is C16H22FNO2. The number of hydrogen-bond acceptors (Lipinski definition) is 2. The first kappa shape index (κ1) is 14.8. The molecule has 0 spiro atoms. The van der Waals surface area contributed by atoms with Crippen molar-refractivity contribution in [3.05, 3.63) is 30.1 Å². The zero-order valence-corrected chi connectivity index (χ0v) is 11.7. The van der Waals surface area contributed by atoms with Crippen LogP contribution in [0, 0.1) is 5.82 Å². The van der Waals surface area contributed by atoms with Gasteiger partial charge in [-0.25, -0.2) is 4.39 Å². The van der Waals surface area contributed by atoms with E-state index in [1.807, 2.05) is 0 Å². The van der Waals surface area contributed by atoms with Gasteiger partial charge in [-0.3, -0.25) is 4.79 Å². The lowest BCUT2D eigenvalue weighted by Gasteiger charge is -2.16. The van der Waals surface area contributed by atoms with Gasteiger partial charge >= 0.3 is 0 Å². The second-order valence-corrected chi connectivity index (χ2v) is 5.28. The largest absolute Gasteiger partial charge is 0.490 e. The van der Waals surface area contributed by atoms with Crippen molar-refractivity contribution in [2.75, 3.05) is 6.61 Å². The lowest BCUT2D eigenvalue weighted by atomic mass is 10.1. The summed E-state index contributed by atoms with van der Waals surface area (Å²) in [6.45, 7) is 0.208. The third-order valence-corrected chi connectivity index (χ3v) is 3.64. The summed E-state index contributed by atoms with van der Waals surface area (Å²) in [6.07, 6.45) is 7.32. The molecule has 1 amide bonds. The highest BCUT2D eigenvalue weighted by atomic mass is 19.1. The van der Waals surface area contributed by atoms with E-state index < -0.39 is 5.82 Å². The van der Waals surface area contributed by atoms with Crippen molar-refractivity contribution >= 4 is 5.91 Å². The molecule has 0 heterocycles. The van der Waals surface area contributed by atoms with E-state index in [4.69, 9.17) is 4.74 Å². The number of amides is 1. The van der Waals surface area contributed by atoms with Crippen LogP contribution in [0.15, 0.2) is 24.3 Å². The molecule has 4 heteroatoms. The third-order valence-electron chi connectivity index (χ3n) is 3.64. The quantitative estimate of drug-likeness (QED) is 0.839. The highest BCUT2D eigenvalue weighted by Crippen LogP contribution is 2.18. The van der Waals surface area contributed by atoms with E-state index in [0.717, 1.165) is 12.8 Å². The molecule has 0 aliphatic heterocycles. The Labute approximate surface area is 119 Å². The summed E-state index contributed by atoms with van der Waals surface area (Å²) in [6, 6.07) is 6.54. The number of carbonyl (C=O) groups excluding carboxylic acids is 1. The van der Waals surface area contributed by atoms with Crippen molar-refractivity contribution in [2.45, 2.75) is 51.0 Å². The van der Waals surface area contributed by atoms with Crippen LogP contribution in [-0.4, -0.2) is 18.6 Å². The lowest BCUT2D eigenvalue weighted by Crippen LogP contribution is -2.35. The minimum absolute atomic E-state index is 0.00626. The topological polar surface area (TPSA) is 38.3 Å². The fraction of sp³-hybridized carbons (Fsp3) is 0.562. The van der Waals surface area contributed by atoms with Gasteiger partial charge in [0.2, 0.25) is 5.91 Å². The molecule has 0 unspecified atom stereocenters. The number of carbonyl (C=O) groups is 1. The summed E-state index contributed by atoms with van der Waals surface area (Å²) in [5.74, 6) is -0.195. The summed E-state index contributed by atoms with van der Waals surface area (Å²) in [5, 5.41) is 3.05. The number of para-hydroxylation sites is 1. The Morgan fingerprint density at radius 2 is 1.90 bits per heavy atom. The highest BCUT2D eigenvalue weighted by molar-refractivity contribution is 5.76. The van der Waals surface area contributed by atoms with E-state index in [1.165, 1.54) is 31.7 Å². The van der Waals surface area contributed by atoms with Crippen molar-refractivity contribution in [1.82, 2.24) is 5.32 Å². The van der Waals surface area contributed by atoms with E-state index in [2.05, 4.69) is 5.32 Å². The maximum absolute atomic E-state index is 13.3. The lowest BCUT2D eigenvalue weighted by molar-refractivity contribution is -0.122. The predicted molar refractivity (Wildman–Crippen MR) is 76.1 cm³/mol. The summed E-state index contributed by atoms with van der Waals surface area (Å²) >= 11 is 0. The van der Waals surface area contributed by atoms with Gasteiger partial charge < -0.3 is 10.1 Å². The monoisotopic (exact) mass is 279 g/mol. The first-order valence-corrected chi connectivity index (χ1v) is 7.42. The molecule has 110 valence electrons. The molecule has 0 saturated heterocycles. The third kappa shape index (κ3) is 4.83. The molecule has 3 nitrogen and oxygen atoms in total. The molecule has 1 aromatic rings. The molecule has 0 bridgehead atoms. The molecular weight excluding hydrogens is 257 g/mol. The summed E-state index contributed by atoms with van der Waals surface area (Å²) in [5.41, 5.74) is 0. The standard InChI is InChI=1S/C16H22FNO2/c17-14-9-5-6-10-15(14)20-12-11-16(19)18-13-7-3-1-2-4-8-13/h5-6,9-10,13H,1-4,7-8,11-12H2,(H,18,19). The van der Waals surface area contributed by atoms with Gasteiger partial charge in [-0.05, 0) is 25.0 Å². The zero-order valence-electron chi connectivity index (χ0n) is 11.7. The molecule has 0 atom stereocenters. The van der Waals surface area contributed by atoms with Crippen LogP contribution in [-0.2, 0) is 4.79 Å². The van der Waals surface area contributed by atoms with E-state index in [9.17, 15) is 9.18 Å². The number of nitrogens with one attached hydrogen (secondary N) is 1. The van der Waals surface area contributed by atoms with Gasteiger partial charge in [0.05, 0.1) is 13.0 Å². The zero-order chi connectivity index (χ0) is 14.2. The van der Waals surface area contributed by atoms with Crippen LogP contribution in [0.5, 0.6) is 5.75 Å². The molecule has 1 aliphatic rings. The Bertz CT molecular complexity index is 428.